The van der Waals surface area contributed by atoms with Crippen LogP contribution in [-0.4, -0.2) is 24.9 Å². The van der Waals surface area contributed by atoms with Gasteiger partial charge in [-0.25, -0.2) is 4.68 Å². The molecule has 0 radical (unpaired) electrons. The molecule has 0 unspecified atom stereocenters. The molecule has 2 N–H and O–H groups in total. The molecule has 3 rings (SSSR count). The van der Waals surface area contributed by atoms with E-state index < -0.39 is 4.92 Å². The first-order chi connectivity index (χ1) is 10.6. The van der Waals surface area contributed by atoms with E-state index in [9.17, 15) is 20.3 Å². The molecule has 22 heavy (non-hydrogen) atoms. The summed E-state index contributed by atoms with van der Waals surface area (Å²) in [6.07, 6.45) is 1.53. The first kappa shape index (κ1) is 13.6. The summed E-state index contributed by atoms with van der Waals surface area (Å²) in [7, 11) is 0. The van der Waals surface area contributed by atoms with Crippen LogP contribution in [0.3, 0.4) is 0 Å². The highest BCUT2D eigenvalue weighted by atomic mass is 16.6. The number of nitro benzene ring substituents is 1. The van der Waals surface area contributed by atoms with Gasteiger partial charge in [0.05, 0.1) is 22.5 Å². The predicted molar refractivity (Wildman–Crippen MR) is 79.0 cm³/mol. The second-order valence-electron chi connectivity index (χ2n) is 4.61. The summed E-state index contributed by atoms with van der Waals surface area (Å²) >= 11 is 0. The molecule has 0 bridgehead atoms. The zero-order chi connectivity index (χ0) is 15.7. The van der Waals surface area contributed by atoms with Crippen molar-refractivity contribution in [2.24, 2.45) is 0 Å². The van der Waals surface area contributed by atoms with E-state index >= 15 is 0 Å². The van der Waals surface area contributed by atoms with Crippen LogP contribution < -0.4 is 0 Å². The number of aromatic hydroxyl groups is 2. The molecule has 3 aromatic rings. The molecule has 2 aromatic carbocycles. The van der Waals surface area contributed by atoms with Gasteiger partial charge in [-0.2, -0.15) is 5.10 Å². The fourth-order valence-electron chi connectivity index (χ4n) is 2.19. The van der Waals surface area contributed by atoms with Crippen molar-refractivity contribution in [2.45, 2.75) is 0 Å². The van der Waals surface area contributed by atoms with Gasteiger partial charge in [0.15, 0.2) is 0 Å². The van der Waals surface area contributed by atoms with Crippen LogP contribution in [0, 0.1) is 10.1 Å². The van der Waals surface area contributed by atoms with Crippen molar-refractivity contribution in [1.29, 1.82) is 0 Å². The van der Waals surface area contributed by atoms with Crippen molar-refractivity contribution >= 4 is 5.69 Å². The van der Waals surface area contributed by atoms with Crippen LogP contribution in [0.25, 0.3) is 16.9 Å². The first-order valence-electron chi connectivity index (χ1n) is 6.37. The molecule has 7 nitrogen and oxygen atoms in total. The maximum absolute atomic E-state index is 10.9. The van der Waals surface area contributed by atoms with E-state index in [2.05, 4.69) is 5.10 Å². The summed E-state index contributed by atoms with van der Waals surface area (Å²) in [4.78, 5) is 10.4. The van der Waals surface area contributed by atoms with Gasteiger partial charge in [0, 0.05) is 23.8 Å². The van der Waals surface area contributed by atoms with Crippen molar-refractivity contribution in [3.8, 4) is 28.4 Å². The number of nitro groups is 1. The quantitative estimate of drug-likeness (QED) is 0.571. The maximum Gasteiger partial charge on any atom is 0.271 e. The fourth-order valence-corrected chi connectivity index (χ4v) is 2.19. The number of hydrogen-bond donors (Lipinski definition) is 2. The topological polar surface area (TPSA) is 101 Å². The Morgan fingerprint density at radius 1 is 1.09 bits per heavy atom. The highest BCUT2D eigenvalue weighted by Gasteiger charge is 2.14. The molecule has 0 spiro atoms. The molecule has 0 aliphatic heterocycles. The lowest BCUT2D eigenvalue weighted by atomic mass is 10.1. The average Bonchev–Trinajstić information content (AvgIpc) is 2.96. The number of hydrogen-bond acceptors (Lipinski definition) is 5. The van der Waals surface area contributed by atoms with Crippen molar-refractivity contribution < 1.29 is 15.1 Å². The van der Waals surface area contributed by atoms with Gasteiger partial charge in [-0.3, -0.25) is 10.1 Å². The molecule has 0 atom stereocenters. The first-order valence-corrected chi connectivity index (χ1v) is 6.37. The minimum atomic E-state index is -0.481. The monoisotopic (exact) mass is 297 g/mol. The van der Waals surface area contributed by atoms with Crippen molar-refractivity contribution in [1.82, 2.24) is 9.78 Å². The molecule has 0 fully saturated rings. The second-order valence-corrected chi connectivity index (χ2v) is 4.61. The summed E-state index contributed by atoms with van der Waals surface area (Å²) in [5.74, 6) is -0.158. The van der Waals surface area contributed by atoms with E-state index in [-0.39, 0.29) is 17.2 Å². The van der Waals surface area contributed by atoms with Crippen molar-refractivity contribution in [2.75, 3.05) is 0 Å². The van der Waals surface area contributed by atoms with Gasteiger partial charge in [0.1, 0.15) is 11.5 Å². The summed E-state index contributed by atoms with van der Waals surface area (Å²) in [5, 5.41) is 34.4. The van der Waals surface area contributed by atoms with Crippen LogP contribution in [0.1, 0.15) is 0 Å². The van der Waals surface area contributed by atoms with E-state index in [1.807, 2.05) is 0 Å². The van der Waals surface area contributed by atoms with Gasteiger partial charge in [-0.05, 0) is 24.3 Å². The third-order valence-corrected chi connectivity index (χ3v) is 3.19. The standard InChI is InChI=1S/C15H11N3O4/c19-12-4-5-13(15(20)9-12)14-6-7-16-17(14)10-2-1-3-11(8-10)18(21)22/h1-9,19-20H. The molecule has 0 amide bonds. The zero-order valence-corrected chi connectivity index (χ0v) is 11.2. The summed E-state index contributed by atoms with van der Waals surface area (Å²) < 4.78 is 1.49. The maximum atomic E-state index is 10.9. The van der Waals surface area contributed by atoms with Crippen LogP contribution in [0.2, 0.25) is 0 Å². The van der Waals surface area contributed by atoms with E-state index in [0.717, 1.165) is 0 Å². The number of aromatic nitrogens is 2. The largest absolute Gasteiger partial charge is 0.508 e. The van der Waals surface area contributed by atoms with E-state index in [0.29, 0.717) is 16.9 Å². The predicted octanol–water partition coefficient (Wildman–Crippen LogP) is 2.86. The number of phenolic OH excluding ortho intramolecular Hbond substituents is 2. The van der Waals surface area contributed by atoms with E-state index in [4.69, 9.17) is 0 Å². The Balaban J connectivity index is 2.13. The summed E-state index contributed by atoms with van der Waals surface area (Å²) in [5.41, 5.74) is 1.47. The number of benzene rings is 2. The molecule has 0 saturated carbocycles. The molecular weight excluding hydrogens is 286 g/mol. The lowest BCUT2D eigenvalue weighted by Gasteiger charge is -2.09. The van der Waals surface area contributed by atoms with Crippen LogP contribution in [0.4, 0.5) is 5.69 Å². The highest BCUT2D eigenvalue weighted by molar-refractivity contribution is 5.69. The third-order valence-electron chi connectivity index (χ3n) is 3.19. The third kappa shape index (κ3) is 2.35. The molecular formula is C15H11N3O4. The molecule has 1 heterocycles. The van der Waals surface area contributed by atoms with E-state index in [1.54, 1.807) is 24.3 Å². The fraction of sp³-hybridized carbons (Fsp3) is 0. The Labute approximate surface area is 124 Å². The number of nitrogens with zero attached hydrogens (tertiary/aromatic N) is 3. The Bertz CT molecular complexity index is 857. The molecule has 0 aliphatic rings. The molecule has 1 aromatic heterocycles. The van der Waals surface area contributed by atoms with Crippen molar-refractivity contribution in [3.05, 3.63) is 64.8 Å². The van der Waals surface area contributed by atoms with E-state index in [1.165, 1.54) is 35.1 Å². The normalized spacial score (nSPS) is 10.5. The summed E-state index contributed by atoms with van der Waals surface area (Å²) in [6, 6.07) is 11.9. The van der Waals surface area contributed by atoms with Crippen LogP contribution in [-0.2, 0) is 0 Å². The molecule has 7 heteroatoms. The smallest absolute Gasteiger partial charge is 0.271 e. The zero-order valence-electron chi connectivity index (χ0n) is 11.2. The number of non-ortho nitro benzene ring substituents is 1. The lowest BCUT2D eigenvalue weighted by molar-refractivity contribution is -0.384. The van der Waals surface area contributed by atoms with Gasteiger partial charge >= 0.3 is 0 Å². The second kappa shape index (κ2) is 5.21. The summed E-state index contributed by atoms with van der Waals surface area (Å²) in [6.45, 7) is 0. The number of phenols is 2. The van der Waals surface area contributed by atoms with Crippen LogP contribution in [0.15, 0.2) is 54.7 Å². The van der Waals surface area contributed by atoms with Crippen LogP contribution >= 0.6 is 0 Å². The Morgan fingerprint density at radius 2 is 1.91 bits per heavy atom. The molecule has 110 valence electrons. The van der Waals surface area contributed by atoms with Gasteiger partial charge in [-0.15, -0.1) is 0 Å². The minimum Gasteiger partial charge on any atom is -0.508 e. The minimum absolute atomic E-state index is 0.0473. The SMILES string of the molecule is O=[N+]([O-])c1cccc(-n2nccc2-c2ccc(O)cc2O)c1. The van der Waals surface area contributed by atoms with Crippen LogP contribution in [0.5, 0.6) is 11.5 Å². The van der Waals surface area contributed by atoms with Gasteiger partial charge in [0.2, 0.25) is 0 Å². The molecule has 0 saturated heterocycles. The Kier molecular flexibility index (Phi) is 3.23. The Morgan fingerprint density at radius 3 is 2.64 bits per heavy atom. The van der Waals surface area contributed by atoms with Gasteiger partial charge < -0.3 is 10.2 Å². The highest BCUT2D eigenvalue weighted by Crippen LogP contribution is 2.33. The van der Waals surface area contributed by atoms with Crippen molar-refractivity contribution in [3.63, 3.8) is 0 Å². The van der Waals surface area contributed by atoms with Gasteiger partial charge in [0.25, 0.3) is 5.69 Å². The Hall–Kier alpha value is -3.35. The number of rotatable bonds is 3. The lowest BCUT2D eigenvalue weighted by Crippen LogP contribution is -2.00. The average molecular weight is 297 g/mol. The van der Waals surface area contributed by atoms with Gasteiger partial charge in [-0.1, -0.05) is 6.07 Å². The molecule has 0 aliphatic carbocycles.